The van der Waals surface area contributed by atoms with Gasteiger partial charge in [0.25, 0.3) is 5.91 Å². The number of primary amides is 1. The van der Waals surface area contributed by atoms with Crippen LogP contribution in [0.25, 0.3) is 11.3 Å². The van der Waals surface area contributed by atoms with Gasteiger partial charge in [-0.25, -0.2) is 4.98 Å². The third kappa shape index (κ3) is 2.97. The zero-order valence-electron chi connectivity index (χ0n) is 20.2. The number of amides is 1. The number of allylic oxidation sites excluding steroid dienone is 2. The van der Waals surface area contributed by atoms with Crippen molar-refractivity contribution in [1.82, 2.24) is 9.55 Å². The predicted molar refractivity (Wildman–Crippen MR) is 131 cm³/mol. The number of carbonyl (C=O) groups is 2. The van der Waals surface area contributed by atoms with E-state index in [2.05, 4.69) is 11.6 Å². The lowest BCUT2D eigenvalue weighted by molar-refractivity contribution is -0.115. The largest absolute Gasteiger partial charge is 0.511 e. The van der Waals surface area contributed by atoms with Gasteiger partial charge in [-0.15, -0.1) is 0 Å². The first-order valence-electron chi connectivity index (χ1n) is 11.5. The fourth-order valence-corrected chi connectivity index (χ4v) is 6.05. The lowest BCUT2D eigenvalue weighted by Gasteiger charge is -2.48. The molecule has 0 spiro atoms. The number of fused-ring (bicyclic) bond motifs is 3. The van der Waals surface area contributed by atoms with Gasteiger partial charge in [-0.2, -0.15) is 0 Å². The molecule has 1 aromatic heterocycles. The van der Waals surface area contributed by atoms with Gasteiger partial charge in [-0.05, 0) is 30.4 Å². The molecule has 5 rings (SSSR count). The summed E-state index contributed by atoms with van der Waals surface area (Å²) >= 11 is 0. The zero-order chi connectivity index (χ0) is 26.3. The summed E-state index contributed by atoms with van der Waals surface area (Å²) in [5.74, 6) is -3.95. The lowest BCUT2D eigenvalue weighted by Crippen LogP contribution is -2.52. The average Bonchev–Trinajstić information content (AvgIpc) is 3.21. The van der Waals surface area contributed by atoms with E-state index >= 15 is 0 Å². The van der Waals surface area contributed by atoms with Crippen LogP contribution < -0.4 is 10.6 Å². The van der Waals surface area contributed by atoms with E-state index in [0.29, 0.717) is 23.2 Å². The number of aromatic nitrogens is 2. The summed E-state index contributed by atoms with van der Waals surface area (Å²) in [4.78, 5) is 31.9. The van der Waals surface area contributed by atoms with Crippen LogP contribution in [0.2, 0.25) is 0 Å². The molecule has 1 aromatic carbocycles. The number of phenolic OH excluding ortho intramolecular Hbond substituents is 1. The number of imidazole rings is 1. The second-order valence-electron chi connectivity index (χ2n) is 9.99. The molecule has 0 fully saturated rings. The Morgan fingerprint density at radius 2 is 1.97 bits per heavy atom. The molecule has 1 amide bonds. The van der Waals surface area contributed by atoms with Crippen LogP contribution >= 0.6 is 0 Å². The number of hydrogen-bond acceptors (Lipinski definition) is 8. The number of Topliss-reactive ketones (excluding diaryl/α,β-unsaturated/α-hetero) is 1. The van der Waals surface area contributed by atoms with E-state index in [1.54, 1.807) is 24.1 Å². The molecule has 188 valence electrons. The second kappa shape index (κ2) is 7.72. The van der Waals surface area contributed by atoms with Crippen LogP contribution in [-0.4, -0.2) is 61.4 Å². The summed E-state index contributed by atoms with van der Waals surface area (Å²) in [5, 5.41) is 44.8. The van der Waals surface area contributed by atoms with Crippen LogP contribution in [0.3, 0.4) is 0 Å². The first-order chi connectivity index (χ1) is 16.9. The van der Waals surface area contributed by atoms with Crippen LogP contribution in [0.4, 0.5) is 5.69 Å². The molecule has 0 saturated carbocycles. The number of aryl methyl sites for hydroxylation is 1. The van der Waals surface area contributed by atoms with Crippen molar-refractivity contribution < 1.29 is 30.0 Å². The molecule has 1 heterocycles. The van der Waals surface area contributed by atoms with Gasteiger partial charge in [0.2, 0.25) is 0 Å². The number of phenols is 1. The number of nitrogens with zero attached hydrogens (tertiary/aromatic N) is 3. The molecule has 0 saturated heterocycles. The van der Waals surface area contributed by atoms with Gasteiger partial charge in [-0.1, -0.05) is 6.58 Å². The summed E-state index contributed by atoms with van der Waals surface area (Å²) in [6, 6.07) is 1.81. The third-order valence-corrected chi connectivity index (χ3v) is 7.80. The van der Waals surface area contributed by atoms with Crippen molar-refractivity contribution >= 4 is 17.4 Å². The topological polar surface area (TPSA) is 162 Å². The molecule has 0 radical (unpaired) electrons. The maximum absolute atomic E-state index is 14.0. The van der Waals surface area contributed by atoms with Crippen molar-refractivity contribution in [2.24, 2.45) is 24.6 Å². The Hall–Kier alpha value is -4.05. The number of aliphatic hydroxyl groups excluding tert-OH is 2. The molecule has 0 aliphatic heterocycles. The Morgan fingerprint density at radius 1 is 1.28 bits per heavy atom. The SMILES string of the molecule is C=C1C(C(N)=O)=C(O)C[C@@H]2C[C@@H]3Cc4c(N(C)C)cc(-c5cncn5C)c(O)c4C(=O)C3=C(O)[C@]12O. The standard InChI is InChI=1S/C26H28N4O6/c1-11-19(25(27)35)18(31)7-13-5-12-6-14-16(29(2)3)8-15(17-9-28-10-30(17)4)22(32)21(14)23(33)20(12)24(34)26(11,13)36/h8-10,12-13,31-32,34,36H,1,5-7H2,2-4H3,(H2,27,35)/t12-,13+,26+/m1/s1. The van der Waals surface area contributed by atoms with E-state index in [9.17, 15) is 30.0 Å². The fourth-order valence-electron chi connectivity index (χ4n) is 6.05. The Bertz CT molecular complexity index is 1430. The first-order valence-corrected chi connectivity index (χ1v) is 11.5. The lowest BCUT2D eigenvalue weighted by atomic mass is 9.59. The number of benzene rings is 1. The van der Waals surface area contributed by atoms with E-state index in [-0.39, 0.29) is 46.6 Å². The van der Waals surface area contributed by atoms with Crippen molar-refractivity contribution in [2.75, 3.05) is 19.0 Å². The summed E-state index contributed by atoms with van der Waals surface area (Å²) in [7, 11) is 5.45. The molecule has 6 N–H and O–H groups in total. The Labute approximate surface area is 207 Å². The minimum absolute atomic E-state index is 0.0326. The number of rotatable bonds is 3. The summed E-state index contributed by atoms with van der Waals surface area (Å²) in [6.07, 6.45) is 3.62. The molecule has 3 aliphatic rings. The normalized spacial score (nSPS) is 25.4. The number of aromatic hydroxyl groups is 1. The van der Waals surface area contributed by atoms with Crippen molar-refractivity contribution in [3.05, 3.63) is 64.5 Å². The molecule has 3 aliphatic carbocycles. The highest BCUT2D eigenvalue weighted by Gasteiger charge is 2.56. The predicted octanol–water partition coefficient (Wildman–Crippen LogP) is 2.03. The highest BCUT2D eigenvalue weighted by molar-refractivity contribution is 6.15. The minimum Gasteiger partial charge on any atom is -0.511 e. The highest BCUT2D eigenvalue weighted by atomic mass is 16.3. The smallest absolute Gasteiger partial charge is 0.252 e. The molecule has 3 atom stereocenters. The van der Waals surface area contributed by atoms with E-state index in [4.69, 9.17) is 5.73 Å². The van der Waals surface area contributed by atoms with Gasteiger partial charge in [-0.3, -0.25) is 9.59 Å². The monoisotopic (exact) mass is 492 g/mol. The van der Waals surface area contributed by atoms with Crippen molar-refractivity contribution in [3.63, 3.8) is 0 Å². The quantitative estimate of drug-likeness (QED) is 0.435. The maximum Gasteiger partial charge on any atom is 0.252 e. The highest BCUT2D eigenvalue weighted by Crippen LogP contribution is 2.55. The number of hydrogen-bond donors (Lipinski definition) is 5. The molecule has 0 bridgehead atoms. The van der Waals surface area contributed by atoms with Gasteiger partial charge in [0, 0.05) is 55.9 Å². The molecule has 10 nitrogen and oxygen atoms in total. The number of anilines is 1. The molecule has 0 unspecified atom stereocenters. The Balaban J connectivity index is 1.74. The zero-order valence-corrected chi connectivity index (χ0v) is 20.2. The Kier molecular flexibility index (Phi) is 5.08. The average molecular weight is 493 g/mol. The van der Waals surface area contributed by atoms with Crippen molar-refractivity contribution in [3.8, 4) is 17.0 Å². The van der Waals surface area contributed by atoms with Gasteiger partial charge >= 0.3 is 0 Å². The number of aliphatic hydroxyl groups is 3. The summed E-state index contributed by atoms with van der Waals surface area (Å²) < 4.78 is 1.72. The number of nitrogens with two attached hydrogens (primary N) is 1. The van der Waals surface area contributed by atoms with Gasteiger partial charge in [0.1, 0.15) is 17.3 Å². The van der Waals surface area contributed by atoms with E-state index < -0.39 is 34.9 Å². The van der Waals surface area contributed by atoms with Crippen molar-refractivity contribution in [2.45, 2.75) is 24.9 Å². The Morgan fingerprint density at radius 3 is 2.56 bits per heavy atom. The number of ketones is 1. The summed E-state index contributed by atoms with van der Waals surface area (Å²) in [5.41, 5.74) is 5.05. The van der Waals surface area contributed by atoms with Crippen LogP contribution in [0, 0.1) is 11.8 Å². The molecular formula is C26H28N4O6. The summed E-state index contributed by atoms with van der Waals surface area (Å²) in [6.45, 7) is 3.75. The first kappa shape index (κ1) is 23.7. The molecule has 10 heteroatoms. The van der Waals surface area contributed by atoms with Crippen LogP contribution in [0.5, 0.6) is 5.75 Å². The third-order valence-electron chi connectivity index (χ3n) is 7.80. The molecule has 36 heavy (non-hydrogen) atoms. The minimum atomic E-state index is -2.14. The maximum atomic E-state index is 14.0. The van der Waals surface area contributed by atoms with Gasteiger partial charge in [0.05, 0.1) is 29.4 Å². The van der Waals surface area contributed by atoms with Gasteiger partial charge in [0.15, 0.2) is 11.4 Å². The van der Waals surface area contributed by atoms with E-state index in [1.807, 2.05) is 25.1 Å². The van der Waals surface area contributed by atoms with Gasteiger partial charge < -0.3 is 35.6 Å². The molecule has 2 aromatic rings. The molecular weight excluding hydrogens is 464 g/mol. The van der Waals surface area contributed by atoms with E-state index in [1.165, 1.54) is 0 Å². The van der Waals surface area contributed by atoms with Crippen LogP contribution in [0.1, 0.15) is 28.8 Å². The fraction of sp³-hybridized carbons (Fsp3) is 0.346. The van der Waals surface area contributed by atoms with Crippen molar-refractivity contribution in [1.29, 1.82) is 0 Å². The van der Waals surface area contributed by atoms with Crippen LogP contribution in [0.15, 0.2) is 53.4 Å². The van der Waals surface area contributed by atoms with E-state index in [0.717, 1.165) is 5.69 Å². The number of carbonyl (C=O) groups excluding carboxylic acids is 2. The van der Waals surface area contributed by atoms with Crippen LogP contribution in [-0.2, 0) is 18.3 Å². The second-order valence-corrected chi connectivity index (χ2v) is 9.99.